The Morgan fingerprint density at radius 3 is 2.56 bits per heavy atom. The monoisotopic (exact) mass is 224 g/mol. The Morgan fingerprint density at radius 1 is 1.38 bits per heavy atom. The SMILES string of the molecule is C/C=C(\C=N)NC(=O)c1ccc(F)c(F)c1. The number of benzene rings is 1. The molecule has 1 aromatic carbocycles. The van der Waals surface area contributed by atoms with Gasteiger partial charge in [0.2, 0.25) is 0 Å². The summed E-state index contributed by atoms with van der Waals surface area (Å²) in [5.74, 6) is -2.67. The van der Waals surface area contributed by atoms with Crippen LogP contribution in [-0.2, 0) is 0 Å². The van der Waals surface area contributed by atoms with Crippen molar-refractivity contribution in [3.8, 4) is 0 Å². The first-order chi connectivity index (χ1) is 7.58. The fourth-order valence-corrected chi connectivity index (χ4v) is 1.03. The predicted octanol–water partition coefficient (Wildman–Crippen LogP) is 2.25. The number of amides is 1. The second kappa shape index (κ2) is 5.16. The maximum atomic E-state index is 12.8. The molecule has 5 heteroatoms. The smallest absolute Gasteiger partial charge is 0.255 e. The highest BCUT2D eigenvalue weighted by Gasteiger charge is 2.09. The first-order valence-electron chi connectivity index (χ1n) is 4.51. The van der Waals surface area contributed by atoms with Gasteiger partial charge in [-0.1, -0.05) is 6.08 Å². The van der Waals surface area contributed by atoms with E-state index in [0.29, 0.717) is 0 Å². The highest BCUT2D eigenvalue weighted by atomic mass is 19.2. The van der Waals surface area contributed by atoms with Crippen molar-refractivity contribution in [3.63, 3.8) is 0 Å². The first kappa shape index (κ1) is 12.0. The van der Waals surface area contributed by atoms with Gasteiger partial charge in [-0.2, -0.15) is 0 Å². The molecule has 0 fully saturated rings. The third-order valence-corrected chi connectivity index (χ3v) is 1.91. The summed E-state index contributed by atoms with van der Waals surface area (Å²) in [6.07, 6.45) is 2.47. The van der Waals surface area contributed by atoms with Crippen molar-refractivity contribution < 1.29 is 13.6 Å². The van der Waals surface area contributed by atoms with Crippen LogP contribution in [0.4, 0.5) is 8.78 Å². The van der Waals surface area contributed by atoms with E-state index in [-0.39, 0.29) is 11.3 Å². The number of hydrogen-bond donors (Lipinski definition) is 2. The Morgan fingerprint density at radius 2 is 2.06 bits per heavy atom. The number of hydrogen-bond acceptors (Lipinski definition) is 2. The van der Waals surface area contributed by atoms with Gasteiger partial charge >= 0.3 is 0 Å². The fourth-order valence-electron chi connectivity index (χ4n) is 1.03. The van der Waals surface area contributed by atoms with Crippen LogP contribution in [0.2, 0.25) is 0 Å². The molecule has 0 unspecified atom stereocenters. The maximum Gasteiger partial charge on any atom is 0.255 e. The quantitative estimate of drug-likeness (QED) is 0.760. The van der Waals surface area contributed by atoms with Crippen molar-refractivity contribution in [2.75, 3.05) is 0 Å². The molecule has 16 heavy (non-hydrogen) atoms. The van der Waals surface area contributed by atoms with Crippen LogP contribution < -0.4 is 5.32 Å². The standard InChI is InChI=1S/C11H10F2N2O/c1-2-8(6-14)15-11(16)7-3-4-9(12)10(13)5-7/h2-6,14H,1H3,(H,15,16)/b8-2+,14-6?. The lowest BCUT2D eigenvalue weighted by Crippen LogP contribution is -2.23. The lowest BCUT2D eigenvalue weighted by atomic mass is 10.2. The van der Waals surface area contributed by atoms with Crippen LogP contribution in [0.1, 0.15) is 17.3 Å². The van der Waals surface area contributed by atoms with Crippen LogP contribution in [0.15, 0.2) is 30.0 Å². The summed E-state index contributed by atoms with van der Waals surface area (Å²) in [5, 5.41) is 9.32. The van der Waals surface area contributed by atoms with Gasteiger partial charge in [-0.15, -0.1) is 0 Å². The Labute approximate surface area is 91.3 Å². The van der Waals surface area contributed by atoms with Crippen molar-refractivity contribution in [1.82, 2.24) is 5.32 Å². The number of rotatable bonds is 3. The summed E-state index contributed by atoms with van der Waals surface area (Å²) in [6.45, 7) is 1.64. The Bertz CT molecular complexity index is 455. The number of nitrogens with one attached hydrogen (secondary N) is 2. The van der Waals surface area contributed by atoms with Crippen molar-refractivity contribution in [2.24, 2.45) is 0 Å². The van der Waals surface area contributed by atoms with Crippen LogP contribution in [0, 0.1) is 17.0 Å². The minimum absolute atomic E-state index is 0.0000926. The molecule has 0 aliphatic rings. The molecule has 84 valence electrons. The van der Waals surface area contributed by atoms with Crippen LogP contribution in [0.5, 0.6) is 0 Å². The molecule has 0 heterocycles. The number of halogens is 2. The van der Waals surface area contributed by atoms with E-state index < -0.39 is 17.5 Å². The molecule has 1 amide bonds. The van der Waals surface area contributed by atoms with Gasteiger partial charge in [0.25, 0.3) is 5.91 Å². The lowest BCUT2D eigenvalue weighted by Gasteiger charge is -2.04. The molecule has 0 atom stereocenters. The fraction of sp³-hybridized carbons (Fsp3) is 0.0909. The van der Waals surface area contributed by atoms with Crippen molar-refractivity contribution >= 4 is 12.1 Å². The summed E-state index contributed by atoms with van der Waals surface area (Å²) < 4.78 is 25.4. The van der Waals surface area contributed by atoms with Gasteiger partial charge in [-0.05, 0) is 25.1 Å². The Kier molecular flexibility index (Phi) is 3.88. The topological polar surface area (TPSA) is 53.0 Å². The largest absolute Gasteiger partial charge is 0.321 e. The number of allylic oxidation sites excluding steroid dienone is 2. The number of carbonyl (C=O) groups is 1. The minimum atomic E-state index is -1.08. The summed E-state index contributed by atoms with van der Waals surface area (Å²) in [4.78, 5) is 11.5. The van der Waals surface area contributed by atoms with E-state index in [4.69, 9.17) is 5.41 Å². The van der Waals surface area contributed by atoms with E-state index in [1.165, 1.54) is 12.1 Å². The predicted molar refractivity (Wildman–Crippen MR) is 56.4 cm³/mol. The van der Waals surface area contributed by atoms with Gasteiger partial charge in [-0.3, -0.25) is 4.79 Å². The van der Waals surface area contributed by atoms with Crippen molar-refractivity contribution in [1.29, 1.82) is 5.41 Å². The molecule has 0 saturated heterocycles. The van der Waals surface area contributed by atoms with E-state index in [2.05, 4.69) is 5.32 Å². The lowest BCUT2D eigenvalue weighted by molar-refractivity contribution is 0.0967. The van der Waals surface area contributed by atoms with Gasteiger partial charge in [-0.25, -0.2) is 8.78 Å². The third kappa shape index (κ3) is 2.73. The first-order valence-corrected chi connectivity index (χ1v) is 4.51. The summed E-state index contributed by atoms with van der Waals surface area (Å²) >= 11 is 0. The van der Waals surface area contributed by atoms with Crippen molar-refractivity contribution in [2.45, 2.75) is 6.92 Å². The molecule has 1 aromatic rings. The molecule has 0 aromatic heterocycles. The molecule has 0 aliphatic carbocycles. The molecule has 3 nitrogen and oxygen atoms in total. The third-order valence-electron chi connectivity index (χ3n) is 1.91. The average Bonchev–Trinajstić information content (AvgIpc) is 2.29. The second-order valence-corrected chi connectivity index (χ2v) is 2.97. The Hall–Kier alpha value is -2.04. The van der Waals surface area contributed by atoms with E-state index in [1.54, 1.807) is 6.92 Å². The van der Waals surface area contributed by atoms with E-state index >= 15 is 0 Å². The zero-order valence-electron chi connectivity index (χ0n) is 8.55. The molecular weight excluding hydrogens is 214 g/mol. The zero-order chi connectivity index (χ0) is 12.1. The summed E-state index contributed by atoms with van der Waals surface area (Å²) in [6, 6.07) is 2.86. The van der Waals surface area contributed by atoms with Crippen LogP contribution in [0.25, 0.3) is 0 Å². The zero-order valence-corrected chi connectivity index (χ0v) is 8.55. The molecule has 0 aliphatic heterocycles. The van der Waals surface area contributed by atoms with E-state index in [1.807, 2.05) is 0 Å². The average molecular weight is 224 g/mol. The van der Waals surface area contributed by atoms with Gasteiger partial charge < -0.3 is 10.7 Å². The minimum Gasteiger partial charge on any atom is -0.321 e. The van der Waals surface area contributed by atoms with Crippen LogP contribution in [-0.4, -0.2) is 12.1 Å². The van der Waals surface area contributed by atoms with Crippen LogP contribution >= 0.6 is 0 Å². The highest BCUT2D eigenvalue weighted by molar-refractivity contribution is 5.98. The van der Waals surface area contributed by atoms with E-state index in [0.717, 1.165) is 18.3 Å². The van der Waals surface area contributed by atoms with E-state index in [9.17, 15) is 13.6 Å². The second-order valence-electron chi connectivity index (χ2n) is 2.97. The van der Waals surface area contributed by atoms with Crippen LogP contribution in [0.3, 0.4) is 0 Å². The maximum absolute atomic E-state index is 12.8. The molecule has 0 saturated carbocycles. The van der Waals surface area contributed by atoms with Gasteiger partial charge in [0.05, 0.1) is 5.70 Å². The molecule has 0 radical (unpaired) electrons. The number of carbonyl (C=O) groups excluding carboxylic acids is 1. The molecule has 2 N–H and O–H groups in total. The summed E-state index contributed by atoms with van der Waals surface area (Å²) in [7, 11) is 0. The molecule has 0 bridgehead atoms. The van der Waals surface area contributed by atoms with Gasteiger partial charge in [0.1, 0.15) is 0 Å². The molecule has 0 spiro atoms. The normalized spacial score (nSPS) is 11.1. The van der Waals surface area contributed by atoms with Crippen molar-refractivity contribution in [3.05, 3.63) is 47.2 Å². The van der Waals surface area contributed by atoms with Gasteiger partial charge in [0.15, 0.2) is 11.6 Å². The highest BCUT2D eigenvalue weighted by Crippen LogP contribution is 2.08. The molecular formula is C11H10F2N2O. The Balaban J connectivity index is 2.89. The van der Waals surface area contributed by atoms with Gasteiger partial charge in [0, 0.05) is 11.8 Å². The summed E-state index contributed by atoms with van der Waals surface area (Å²) in [5.41, 5.74) is 0.287. The molecule has 1 rings (SSSR count).